The fraction of sp³-hybridized carbons (Fsp3) is 0.0227. The molecule has 0 bridgehead atoms. The Morgan fingerprint density at radius 1 is 0.521 bits per heavy atom. The van der Waals surface area contributed by atoms with Crippen molar-refractivity contribution in [2.75, 3.05) is 0 Å². The van der Waals surface area contributed by atoms with E-state index in [0.717, 1.165) is 61.4 Å². The Balaban J connectivity index is 1.07. The van der Waals surface area contributed by atoms with Crippen molar-refractivity contribution in [1.82, 2.24) is 9.55 Å². The number of aromatic nitrogens is 2. The van der Waals surface area contributed by atoms with Crippen molar-refractivity contribution in [2.45, 2.75) is 6.92 Å². The second kappa shape index (κ2) is 11.4. The summed E-state index contributed by atoms with van der Waals surface area (Å²) in [6, 6.07) is 56.7. The topological polar surface area (TPSA) is 40.2 Å². The van der Waals surface area contributed by atoms with Gasteiger partial charge in [-0.15, -0.1) is 0 Å². The van der Waals surface area contributed by atoms with Crippen LogP contribution in [0.5, 0.6) is 11.5 Å². The molecule has 48 heavy (non-hydrogen) atoms. The van der Waals surface area contributed by atoms with Gasteiger partial charge in [0.25, 0.3) is 0 Å². The third kappa shape index (κ3) is 4.83. The predicted molar refractivity (Wildman–Crippen MR) is 196 cm³/mol. The summed E-state index contributed by atoms with van der Waals surface area (Å²) in [6.07, 6.45) is 0. The van der Waals surface area contributed by atoms with Gasteiger partial charge in [-0.3, -0.25) is 0 Å². The van der Waals surface area contributed by atoms with E-state index in [1.807, 2.05) is 49.4 Å². The third-order valence-corrected chi connectivity index (χ3v) is 9.08. The van der Waals surface area contributed by atoms with Crippen molar-refractivity contribution >= 4 is 32.9 Å². The van der Waals surface area contributed by atoms with Crippen molar-refractivity contribution in [2.24, 2.45) is 0 Å². The predicted octanol–water partition coefficient (Wildman–Crippen LogP) is 12.0. The molecule has 7 aromatic carbocycles. The molecule has 2 heterocycles. The Morgan fingerprint density at radius 2 is 1.17 bits per heavy atom. The van der Waals surface area contributed by atoms with Crippen LogP contribution < -0.4 is 4.74 Å². The lowest BCUT2D eigenvalue weighted by Crippen LogP contribution is -1.94. The molecule has 0 spiro atoms. The van der Waals surface area contributed by atoms with Gasteiger partial charge in [0, 0.05) is 27.6 Å². The van der Waals surface area contributed by atoms with Gasteiger partial charge in [-0.25, -0.2) is 4.98 Å². The Bertz CT molecular complexity index is 2580. The average molecular weight is 619 g/mol. The van der Waals surface area contributed by atoms with Gasteiger partial charge in [0.15, 0.2) is 5.58 Å². The number of para-hydroxylation sites is 1. The zero-order valence-electron chi connectivity index (χ0n) is 26.3. The minimum absolute atomic E-state index is 0.585. The largest absolute Gasteiger partial charge is 0.457 e. The highest BCUT2D eigenvalue weighted by Gasteiger charge is 2.18. The van der Waals surface area contributed by atoms with Crippen molar-refractivity contribution in [3.8, 4) is 50.9 Å². The highest BCUT2D eigenvalue weighted by molar-refractivity contribution is 6.10. The molecule has 0 N–H and O–H groups in total. The number of hydrogen-bond acceptors (Lipinski definition) is 3. The first-order valence-corrected chi connectivity index (χ1v) is 16.1. The van der Waals surface area contributed by atoms with Crippen molar-refractivity contribution in [3.63, 3.8) is 0 Å². The van der Waals surface area contributed by atoms with E-state index in [2.05, 4.69) is 126 Å². The maximum atomic E-state index is 6.46. The van der Waals surface area contributed by atoms with Gasteiger partial charge in [-0.1, -0.05) is 103 Å². The quantitative estimate of drug-likeness (QED) is 0.186. The molecule has 0 saturated heterocycles. The molecule has 9 aromatic rings. The van der Waals surface area contributed by atoms with Crippen LogP contribution in [0.1, 0.15) is 5.56 Å². The van der Waals surface area contributed by atoms with Gasteiger partial charge < -0.3 is 13.7 Å². The average Bonchev–Trinajstić information content (AvgIpc) is 3.74. The summed E-state index contributed by atoms with van der Waals surface area (Å²) >= 11 is 0. The molecular formula is C44H30N2O2. The Hall–Kier alpha value is -6.39. The summed E-state index contributed by atoms with van der Waals surface area (Å²) in [7, 11) is 0. The molecule has 0 fully saturated rings. The van der Waals surface area contributed by atoms with Crippen molar-refractivity contribution in [3.05, 3.63) is 169 Å². The van der Waals surface area contributed by atoms with Gasteiger partial charge in [0.05, 0.1) is 11.0 Å². The van der Waals surface area contributed by atoms with E-state index < -0.39 is 0 Å². The molecule has 2 aromatic heterocycles. The van der Waals surface area contributed by atoms with Gasteiger partial charge in [-0.2, -0.15) is 0 Å². The highest BCUT2D eigenvalue weighted by atomic mass is 16.5. The zero-order chi connectivity index (χ0) is 32.0. The molecule has 0 saturated carbocycles. The van der Waals surface area contributed by atoms with Gasteiger partial charge >= 0.3 is 0 Å². The van der Waals surface area contributed by atoms with Gasteiger partial charge in [0.1, 0.15) is 17.0 Å². The lowest BCUT2D eigenvalue weighted by atomic mass is 10.1. The monoisotopic (exact) mass is 618 g/mol. The fourth-order valence-electron chi connectivity index (χ4n) is 6.65. The van der Waals surface area contributed by atoms with Gasteiger partial charge in [0.2, 0.25) is 5.89 Å². The molecule has 9 rings (SSSR count). The summed E-state index contributed by atoms with van der Waals surface area (Å²) in [4.78, 5) is 4.91. The molecule has 0 aliphatic carbocycles. The Morgan fingerprint density at radius 3 is 1.96 bits per heavy atom. The molecule has 4 nitrogen and oxygen atoms in total. The summed E-state index contributed by atoms with van der Waals surface area (Å²) in [5.74, 6) is 2.10. The smallest absolute Gasteiger partial charge is 0.227 e. The first-order valence-electron chi connectivity index (χ1n) is 16.1. The van der Waals surface area contributed by atoms with Crippen LogP contribution in [-0.4, -0.2) is 9.55 Å². The van der Waals surface area contributed by atoms with Crippen LogP contribution in [0.4, 0.5) is 0 Å². The highest BCUT2D eigenvalue weighted by Crippen LogP contribution is 2.38. The second-order valence-corrected chi connectivity index (χ2v) is 12.0. The standard InChI is InChI=1S/C44H30N2O2/c1-29-42(47-36-22-19-32(20-23-36)30-11-4-2-5-12-30)26-24-39-43(29)48-44(45-39)34-21-25-41-38(28-34)37-17-8-9-18-40(37)46(41)35-16-10-15-33(27-35)31-13-6-3-7-14-31/h2-28H,1H3. The molecule has 0 aliphatic heterocycles. The number of oxazole rings is 1. The van der Waals surface area contributed by atoms with Crippen LogP contribution in [0.2, 0.25) is 0 Å². The molecule has 228 valence electrons. The molecule has 0 aliphatic rings. The first kappa shape index (κ1) is 27.9. The molecule has 4 heteroatoms. The van der Waals surface area contributed by atoms with E-state index in [-0.39, 0.29) is 0 Å². The number of hydrogen-bond donors (Lipinski definition) is 0. The Labute approximate surface area is 278 Å². The van der Waals surface area contributed by atoms with Crippen molar-refractivity contribution < 1.29 is 9.15 Å². The summed E-state index contributed by atoms with van der Waals surface area (Å²) in [6.45, 7) is 2.02. The molecule has 0 amide bonds. The second-order valence-electron chi connectivity index (χ2n) is 12.0. The lowest BCUT2D eigenvalue weighted by molar-refractivity contribution is 0.478. The van der Waals surface area contributed by atoms with Crippen molar-refractivity contribution in [1.29, 1.82) is 0 Å². The third-order valence-electron chi connectivity index (χ3n) is 9.08. The van der Waals surface area contributed by atoms with Crippen LogP contribution in [0.15, 0.2) is 168 Å². The summed E-state index contributed by atoms with van der Waals surface area (Å²) < 4.78 is 15.1. The normalized spacial score (nSPS) is 11.4. The number of aryl methyl sites for hydroxylation is 1. The van der Waals surface area contributed by atoms with E-state index in [4.69, 9.17) is 14.1 Å². The van der Waals surface area contributed by atoms with E-state index >= 15 is 0 Å². The molecule has 0 unspecified atom stereocenters. The van der Waals surface area contributed by atoms with Crippen LogP contribution in [0.25, 0.3) is 72.3 Å². The maximum absolute atomic E-state index is 6.46. The summed E-state index contributed by atoms with van der Waals surface area (Å²) in [5, 5.41) is 2.33. The zero-order valence-corrected chi connectivity index (χ0v) is 26.3. The SMILES string of the molecule is Cc1c(Oc2ccc(-c3ccccc3)cc2)ccc2nc(-c3ccc4c(c3)c3ccccc3n4-c3cccc(-c4ccccc4)c3)oc12. The van der Waals surface area contributed by atoms with E-state index in [0.29, 0.717) is 5.89 Å². The van der Waals surface area contributed by atoms with Crippen LogP contribution in [0.3, 0.4) is 0 Å². The lowest BCUT2D eigenvalue weighted by Gasteiger charge is -2.10. The fourth-order valence-corrected chi connectivity index (χ4v) is 6.65. The maximum Gasteiger partial charge on any atom is 0.227 e. The number of rotatable bonds is 6. The van der Waals surface area contributed by atoms with Gasteiger partial charge in [-0.05, 0) is 89.8 Å². The first-order chi connectivity index (χ1) is 23.7. The minimum atomic E-state index is 0.585. The molecule has 0 radical (unpaired) electrons. The van der Waals surface area contributed by atoms with E-state index in [1.54, 1.807) is 0 Å². The van der Waals surface area contributed by atoms with Crippen LogP contribution >= 0.6 is 0 Å². The molecule has 0 atom stereocenters. The minimum Gasteiger partial charge on any atom is -0.457 e. The number of benzene rings is 7. The molecular weight excluding hydrogens is 588 g/mol. The van der Waals surface area contributed by atoms with E-state index in [9.17, 15) is 0 Å². The van der Waals surface area contributed by atoms with Crippen LogP contribution in [0, 0.1) is 6.92 Å². The number of ether oxygens (including phenoxy) is 1. The number of fused-ring (bicyclic) bond motifs is 4. The van der Waals surface area contributed by atoms with E-state index in [1.165, 1.54) is 22.1 Å². The van der Waals surface area contributed by atoms with Crippen LogP contribution in [-0.2, 0) is 0 Å². The summed E-state index contributed by atoms with van der Waals surface area (Å²) in [5.41, 5.74) is 11.5. The Kier molecular flexibility index (Phi) is 6.65. The number of nitrogens with zero attached hydrogens (tertiary/aromatic N) is 2.